The van der Waals surface area contributed by atoms with Gasteiger partial charge in [0.15, 0.2) is 0 Å². The first-order valence-electron chi connectivity index (χ1n) is 6.26. The van der Waals surface area contributed by atoms with Crippen LogP contribution in [0.5, 0.6) is 0 Å². The lowest BCUT2D eigenvalue weighted by Crippen LogP contribution is -2.29. The van der Waals surface area contributed by atoms with Gasteiger partial charge >= 0.3 is 0 Å². The number of nitrogens with one attached hydrogen (secondary N) is 1. The minimum Gasteiger partial charge on any atom is -0.370 e. The summed E-state index contributed by atoms with van der Waals surface area (Å²) in [6, 6.07) is 15.1. The monoisotopic (exact) mass is 254 g/mol. The Morgan fingerprint density at radius 2 is 1.58 bits per heavy atom. The molecule has 0 radical (unpaired) electrons. The van der Waals surface area contributed by atoms with Crippen LogP contribution in [0.3, 0.4) is 0 Å². The Morgan fingerprint density at radius 1 is 1.00 bits per heavy atom. The molecule has 1 amide bonds. The van der Waals surface area contributed by atoms with Gasteiger partial charge in [0.2, 0.25) is 5.91 Å². The summed E-state index contributed by atoms with van der Waals surface area (Å²) >= 11 is 0. The second-order valence-corrected chi connectivity index (χ2v) is 4.65. The van der Waals surface area contributed by atoms with Gasteiger partial charge < -0.3 is 11.1 Å². The third-order valence-corrected chi connectivity index (χ3v) is 3.20. The van der Waals surface area contributed by atoms with Crippen molar-refractivity contribution in [2.24, 2.45) is 5.73 Å². The number of benzene rings is 2. The molecule has 0 aromatic heterocycles. The molecule has 3 nitrogen and oxygen atoms in total. The largest absolute Gasteiger partial charge is 0.370 e. The average molecular weight is 254 g/mol. The molecule has 0 saturated carbocycles. The van der Waals surface area contributed by atoms with Gasteiger partial charge in [0.25, 0.3) is 0 Å². The number of hydrogen-bond donors (Lipinski definition) is 2. The van der Waals surface area contributed by atoms with Crippen molar-refractivity contribution in [2.45, 2.75) is 19.9 Å². The lowest BCUT2D eigenvalue weighted by molar-refractivity contribution is -0.118. The highest BCUT2D eigenvalue weighted by molar-refractivity contribution is 5.85. The van der Waals surface area contributed by atoms with Gasteiger partial charge in [-0.25, -0.2) is 0 Å². The van der Waals surface area contributed by atoms with Crippen LogP contribution < -0.4 is 11.1 Å². The fourth-order valence-corrected chi connectivity index (χ4v) is 2.27. The third kappa shape index (κ3) is 2.94. The molecule has 0 heterocycles. The number of hydrogen-bond acceptors (Lipinski definition) is 2. The van der Waals surface area contributed by atoms with E-state index in [9.17, 15) is 4.79 Å². The van der Waals surface area contributed by atoms with E-state index in [0.29, 0.717) is 0 Å². The van der Waals surface area contributed by atoms with Crippen LogP contribution in [0.25, 0.3) is 0 Å². The number of rotatable bonds is 4. The van der Waals surface area contributed by atoms with Crippen LogP contribution in [0.15, 0.2) is 48.5 Å². The van der Waals surface area contributed by atoms with Crippen LogP contribution in [0.4, 0.5) is 5.69 Å². The molecule has 3 heteroatoms. The van der Waals surface area contributed by atoms with Crippen molar-refractivity contribution < 1.29 is 4.79 Å². The fraction of sp³-hybridized carbons (Fsp3) is 0.188. The van der Waals surface area contributed by atoms with E-state index in [1.165, 1.54) is 0 Å². The summed E-state index contributed by atoms with van der Waals surface area (Å²) in [7, 11) is 0. The summed E-state index contributed by atoms with van der Waals surface area (Å²) in [5, 5.41) is 3.20. The molecule has 1 atom stereocenters. The van der Waals surface area contributed by atoms with Crippen molar-refractivity contribution in [1.82, 2.24) is 0 Å². The van der Waals surface area contributed by atoms with Crippen LogP contribution in [-0.4, -0.2) is 5.91 Å². The lowest BCUT2D eigenvalue weighted by atomic mass is 9.95. The van der Waals surface area contributed by atoms with E-state index >= 15 is 0 Å². The highest BCUT2D eigenvalue weighted by atomic mass is 16.1. The quantitative estimate of drug-likeness (QED) is 0.881. The first-order valence-corrected chi connectivity index (χ1v) is 6.26. The highest BCUT2D eigenvalue weighted by Crippen LogP contribution is 2.25. The molecule has 19 heavy (non-hydrogen) atoms. The number of para-hydroxylation sites is 1. The molecule has 2 aromatic carbocycles. The van der Waals surface area contributed by atoms with E-state index in [1.54, 1.807) is 0 Å². The molecule has 0 saturated heterocycles. The summed E-state index contributed by atoms with van der Waals surface area (Å²) in [6.07, 6.45) is 0. The second kappa shape index (κ2) is 5.57. The van der Waals surface area contributed by atoms with Gasteiger partial charge in [-0.2, -0.15) is 0 Å². The third-order valence-electron chi connectivity index (χ3n) is 3.20. The first kappa shape index (κ1) is 13.1. The second-order valence-electron chi connectivity index (χ2n) is 4.65. The molecule has 0 aliphatic heterocycles. The van der Waals surface area contributed by atoms with Crippen LogP contribution in [0.1, 0.15) is 22.7 Å². The maximum atomic E-state index is 11.8. The summed E-state index contributed by atoms with van der Waals surface area (Å²) < 4.78 is 0. The van der Waals surface area contributed by atoms with Crippen LogP contribution >= 0.6 is 0 Å². The van der Waals surface area contributed by atoms with Crippen molar-refractivity contribution in [3.05, 3.63) is 65.2 Å². The number of carbonyl (C=O) groups excluding carboxylic acids is 1. The molecule has 0 aliphatic rings. The molecule has 0 aliphatic carbocycles. The van der Waals surface area contributed by atoms with E-state index in [1.807, 2.05) is 62.4 Å². The van der Waals surface area contributed by atoms with E-state index in [0.717, 1.165) is 22.4 Å². The average Bonchev–Trinajstić information content (AvgIpc) is 2.38. The van der Waals surface area contributed by atoms with Gasteiger partial charge in [-0.15, -0.1) is 0 Å². The zero-order chi connectivity index (χ0) is 13.8. The maximum absolute atomic E-state index is 11.8. The molecular formula is C16H18N2O. The maximum Gasteiger partial charge on any atom is 0.244 e. The minimum absolute atomic E-state index is 0.374. The minimum atomic E-state index is -0.511. The molecule has 0 bridgehead atoms. The zero-order valence-corrected chi connectivity index (χ0v) is 11.2. The number of aryl methyl sites for hydroxylation is 2. The molecular weight excluding hydrogens is 236 g/mol. The Morgan fingerprint density at radius 3 is 2.11 bits per heavy atom. The van der Waals surface area contributed by atoms with Crippen molar-refractivity contribution in [1.29, 1.82) is 0 Å². The van der Waals surface area contributed by atoms with E-state index < -0.39 is 6.04 Å². The summed E-state index contributed by atoms with van der Waals surface area (Å²) in [4.78, 5) is 11.8. The van der Waals surface area contributed by atoms with Gasteiger partial charge in [0.05, 0.1) is 0 Å². The van der Waals surface area contributed by atoms with Gasteiger partial charge in [-0.1, -0.05) is 36.4 Å². The zero-order valence-electron chi connectivity index (χ0n) is 11.2. The number of primary amides is 1. The Labute approximate surface area is 113 Å². The lowest BCUT2D eigenvalue weighted by Gasteiger charge is -2.21. The normalized spacial score (nSPS) is 11.9. The van der Waals surface area contributed by atoms with Crippen molar-refractivity contribution >= 4 is 11.6 Å². The number of carbonyl (C=O) groups is 1. The van der Waals surface area contributed by atoms with Crippen LogP contribution in [0, 0.1) is 13.8 Å². The number of amides is 1. The summed E-state index contributed by atoms with van der Waals surface area (Å²) in [5.74, 6) is -0.374. The Bertz CT molecular complexity index is 558. The topological polar surface area (TPSA) is 55.1 Å². The smallest absolute Gasteiger partial charge is 0.244 e. The molecule has 2 aromatic rings. The van der Waals surface area contributed by atoms with Crippen LogP contribution in [0.2, 0.25) is 0 Å². The van der Waals surface area contributed by atoms with Gasteiger partial charge in [-0.3, -0.25) is 4.79 Å². The van der Waals surface area contributed by atoms with E-state index in [2.05, 4.69) is 5.32 Å². The molecule has 3 N–H and O–H groups in total. The summed E-state index contributed by atoms with van der Waals surface area (Å²) in [6.45, 7) is 3.98. The molecule has 98 valence electrons. The standard InChI is InChI=1S/C16H18N2O/c1-11-7-6-8-12(2)14(11)15(16(17)19)18-13-9-4-3-5-10-13/h3-10,15,18H,1-2H3,(H2,17,19). The van der Waals surface area contributed by atoms with Crippen molar-refractivity contribution in [2.75, 3.05) is 5.32 Å². The predicted molar refractivity (Wildman–Crippen MR) is 77.9 cm³/mol. The Kier molecular flexibility index (Phi) is 3.85. The summed E-state index contributed by atoms with van der Waals surface area (Å²) in [5.41, 5.74) is 9.52. The molecule has 0 spiro atoms. The highest BCUT2D eigenvalue weighted by Gasteiger charge is 2.21. The van der Waals surface area contributed by atoms with E-state index in [-0.39, 0.29) is 5.91 Å². The van der Waals surface area contributed by atoms with Crippen molar-refractivity contribution in [3.8, 4) is 0 Å². The first-order chi connectivity index (χ1) is 9.09. The molecule has 2 rings (SSSR count). The Hall–Kier alpha value is -2.29. The number of anilines is 1. The van der Waals surface area contributed by atoms with E-state index in [4.69, 9.17) is 5.73 Å². The van der Waals surface area contributed by atoms with Gasteiger partial charge in [0.1, 0.15) is 6.04 Å². The predicted octanol–water partition coefficient (Wildman–Crippen LogP) is 2.94. The Balaban J connectivity index is 2.39. The van der Waals surface area contributed by atoms with Gasteiger partial charge in [-0.05, 0) is 42.7 Å². The van der Waals surface area contributed by atoms with Crippen LogP contribution in [-0.2, 0) is 4.79 Å². The fourth-order valence-electron chi connectivity index (χ4n) is 2.27. The SMILES string of the molecule is Cc1cccc(C)c1C(Nc1ccccc1)C(N)=O. The van der Waals surface area contributed by atoms with Crippen molar-refractivity contribution in [3.63, 3.8) is 0 Å². The molecule has 0 fully saturated rings. The molecule has 1 unspecified atom stereocenters. The van der Waals surface area contributed by atoms with Gasteiger partial charge in [0, 0.05) is 5.69 Å². The number of nitrogens with two attached hydrogens (primary N) is 1.